The number of likely N-dealkylation sites (tertiary alicyclic amines) is 1. The molecule has 1 N–H and O–H groups in total. The van der Waals surface area contributed by atoms with E-state index in [0.29, 0.717) is 11.9 Å². The van der Waals surface area contributed by atoms with Crippen molar-refractivity contribution >= 4 is 5.91 Å². The summed E-state index contributed by atoms with van der Waals surface area (Å²) in [5, 5.41) is 3.48. The standard InChI is InChI=1S/C14H25N3O/c1-3-12-14(18)17(13(4-2)15-12)11-7-8-16(9-11)10-5-6-10/h10-13,15H,3-9H2,1-2H3. The SMILES string of the molecule is CCC1NC(CC)N(C2CCN(C3CC3)C2)C1=O. The van der Waals surface area contributed by atoms with Gasteiger partial charge in [-0.1, -0.05) is 13.8 Å². The molecule has 2 saturated heterocycles. The van der Waals surface area contributed by atoms with Crippen molar-refractivity contribution < 1.29 is 4.79 Å². The van der Waals surface area contributed by atoms with Crippen molar-refractivity contribution in [1.29, 1.82) is 0 Å². The Hall–Kier alpha value is -0.610. The molecule has 4 nitrogen and oxygen atoms in total. The summed E-state index contributed by atoms with van der Waals surface area (Å²) in [7, 11) is 0. The molecular weight excluding hydrogens is 226 g/mol. The topological polar surface area (TPSA) is 35.6 Å². The minimum atomic E-state index is 0.0601. The van der Waals surface area contributed by atoms with Crippen molar-refractivity contribution in [3.05, 3.63) is 0 Å². The summed E-state index contributed by atoms with van der Waals surface area (Å²) >= 11 is 0. The number of carbonyl (C=O) groups excluding carboxylic acids is 1. The highest BCUT2D eigenvalue weighted by molar-refractivity contribution is 5.84. The molecule has 3 fully saturated rings. The molecule has 0 bridgehead atoms. The Bertz CT molecular complexity index is 329. The maximum Gasteiger partial charge on any atom is 0.241 e. The van der Waals surface area contributed by atoms with Crippen LogP contribution in [0.3, 0.4) is 0 Å². The Morgan fingerprint density at radius 2 is 1.94 bits per heavy atom. The van der Waals surface area contributed by atoms with Crippen LogP contribution in [0.2, 0.25) is 0 Å². The third-order valence-corrected chi connectivity index (χ3v) is 4.73. The highest BCUT2D eigenvalue weighted by atomic mass is 16.2. The van der Waals surface area contributed by atoms with Gasteiger partial charge in [0.15, 0.2) is 0 Å². The summed E-state index contributed by atoms with van der Waals surface area (Å²) in [6.07, 6.45) is 6.09. The lowest BCUT2D eigenvalue weighted by atomic mass is 10.2. The first-order valence-electron chi connectivity index (χ1n) is 7.56. The van der Waals surface area contributed by atoms with Crippen molar-refractivity contribution in [2.24, 2.45) is 0 Å². The van der Waals surface area contributed by atoms with Crippen LogP contribution in [-0.4, -0.2) is 53.1 Å². The van der Waals surface area contributed by atoms with Crippen LogP contribution < -0.4 is 5.32 Å². The van der Waals surface area contributed by atoms with Gasteiger partial charge in [0, 0.05) is 25.2 Å². The first-order chi connectivity index (χ1) is 8.74. The third-order valence-electron chi connectivity index (χ3n) is 4.73. The number of hydrogen-bond donors (Lipinski definition) is 1. The Kier molecular flexibility index (Phi) is 3.32. The van der Waals surface area contributed by atoms with Crippen LogP contribution in [0.4, 0.5) is 0 Å². The minimum Gasteiger partial charge on any atom is -0.321 e. The van der Waals surface area contributed by atoms with Gasteiger partial charge in [-0.2, -0.15) is 0 Å². The molecule has 2 aliphatic heterocycles. The van der Waals surface area contributed by atoms with E-state index in [2.05, 4.69) is 29.0 Å². The number of nitrogens with one attached hydrogen (secondary N) is 1. The number of rotatable bonds is 4. The molecule has 102 valence electrons. The molecule has 1 saturated carbocycles. The second-order valence-electron chi connectivity index (χ2n) is 5.97. The number of nitrogens with zero attached hydrogens (tertiary/aromatic N) is 2. The summed E-state index contributed by atoms with van der Waals surface area (Å²) in [6, 6.07) is 1.35. The van der Waals surface area contributed by atoms with Gasteiger partial charge >= 0.3 is 0 Å². The van der Waals surface area contributed by atoms with Crippen LogP contribution in [0.1, 0.15) is 46.0 Å². The lowest BCUT2D eigenvalue weighted by Gasteiger charge is -2.29. The molecule has 18 heavy (non-hydrogen) atoms. The van der Waals surface area contributed by atoms with E-state index < -0.39 is 0 Å². The van der Waals surface area contributed by atoms with Crippen molar-refractivity contribution in [1.82, 2.24) is 15.1 Å². The summed E-state index contributed by atoms with van der Waals surface area (Å²) in [5.74, 6) is 0.340. The molecule has 1 aliphatic carbocycles. The normalized spacial score (nSPS) is 37.8. The van der Waals surface area contributed by atoms with E-state index >= 15 is 0 Å². The smallest absolute Gasteiger partial charge is 0.241 e. The summed E-state index contributed by atoms with van der Waals surface area (Å²) < 4.78 is 0. The van der Waals surface area contributed by atoms with Gasteiger partial charge in [-0.25, -0.2) is 0 Å². The third kappa shape index (κ3) is 2.05. The second-order valence-corrected chi connectivity index (χ2v) is 5.97. The lowest BCUT2D eigenvalue weighted by Crippen LogP contribution is -2.45. The fraction of sp³-hybridized carbons (Fsp3) is 0.929. The first kappa shape index (κ1) is 12.4. The Balaban J connectivity index is 1.68. The Labute approximate surface area is 110 Å². The molecule has 0 aromatic carbocycles. The van der Waals surface area contributed by atoms with Crippen LogP contribution in [0.5, 0.6) is 0 Å². The molecule has 3 rings (SSSR count). The summed E-state index contributed by atoms with van der Waals surface area (Å²) in [5.41, 5.74) is 0. The highest BCUT2D eigenvalue weighted by Crippen LogP contribution is 2.32. The van der Waals surface area contributed by atoms with Crippen LogP contribution >= 0.6 is 0 Å². The summed E-state index contributed by atoms with van der Waals surface area (Å²) in [4.78, 5) is 17.2. The fourth-order valence-corrected chi connectivity index (χ4v) is 3.53. The molecule has 0 spiro atoms. The van der Waals surface area contributed by atoms with Gasteiger partial charge in [0.1, 0.15) is 0 Å². The molecule has 3 aliphatic rings. The second kappa shape index (κ2) is 4.82. The average Bonchev–Trinajstić information content (AvgIpc) is 3.03. The van der Waals surface area contributed by atoms with Crippen LogP contribution in [0, 0.1) is 0 Å². The molecule has 1 amide bonds. The number of amides is 1. The molecule has 0 aromatic heterocycles. The first-order valence-corrected chi connectivity index (χ1v) is 7.56. The van der Waals surface area contributed by atoms with Crippen LogP contribution in [0.15, 0.2) is 0 Å². The zero-order chi connectivity index (χ0) is 12.7. The average molecular weight is 251 g/mol. The summed E-state index contributed by atoms with van der Waals surface area (Å²) in [6.45, 7) is 6.55. The van der Waals surface area contributed by atoms with Gasteiger partial charge in [0.2, 0.25) is 5.91 Å². The van der Waals surface area contributed by atoms with E-state index in [0.717, 1.165) is 31.8 Å². The van der Waals surface area contributed by atoms with Crippen molar-refractivity contribution in [2.75, 3.05) is 13.1 Å². The number of hydrogen-bond acceptors (Lipinski definition) is 3. The predicted octanol–water partition coefficient (Wildman–Crippen LogP) is 1.17. The zero-order valence-corrected chi connectivity index (χ0v) is 11.6. The highest BCUT2D eigenvalue weighted by Gasteiger charge is 2.44. The Morgan fingerprint density at radius 1 is 1.17 bits per heavy atom. The van der Waals surface area contributed by atoms with Gasteiger partial charge in [-0.3, -0.25) is 15.0 Å². The molecule has 3 atom stereocenters. The van der Waals surface area contributed by atoms with E-state index in [1.165, 1.54) is 19.4 Å². The van der Waals surface area contributed by atoms with E-state index in [4.69, 9.17) is 0 Å². The van der Waals surface area contributed by atoms with Crippen molar-refractivity contribution in [3.63, 3.8) is 0 Å². The van der Waals surface area contributed by atoms with E-state index in [1.807, 2.05) is 0 Å². The molecular formula is C14H25N3O. The van der Waals surface area contributed by atoms with E-state index in [9.17, 15) is 4.79 Å². The maximum absolute atomic E-state index is 12.4. The zero-order valence-electron chi connectivity index (χ0n) is 11.6. The van der Waals surface area contributed by atoms with Gasteiger partial charge in [0.25, 0.3) is 0 Å². The van der Waals surface area contributed by atoms with E-state index in [-0.39, 0.29) is 12.2 Å². The predicted molar refractivity (Wildman–Crippen MR) is 71.1 cm³/mol. The molecule has 4 heteroatoms. The molecule has 0 aromatic rings. The van der Waals surface area contributed by atoms with E-state index in [1.54, 1.807) is 0 Å². The van der Waals surface area contributed by atoms with Gasteiger partial charge in [-0.05, 0) is 32.1 Å². The minimum absolute atomic E-state index is 0.0601. The van der Waals surface area contributed by atoms with Crippen LogP contribution in [-0.2, 0) is 4.79 Å². The molecule has 0 radical (unpaired) electrons. The van der Waals surface area contributed by atoms with Gasteiger partial charge < -0.3 is 4.90 Å². The molecule has 3 unspecified atom stereocenters. The maximum atomic E-state index is 12.4. The lowest BCUT2D eigenvalue weighted by molar-refractivity contribution is -0.132. The molecule has 2 heterocycles. The van der Waals surface area contributed by atoms with Crippen LogP contribution in [0.25, 0.3) is 0 Å². The van der Waals surface area contributed by atoms with Crippen molar-refractivity contribution in [2.45, 2.75) is 70.2 Å². The van der Waals surface area contributed by atoms with Gasteiger partial charge in [0.05, 0.1) is 12.2 Å². The Morgan fingerprint density at radius 3 is 2.56 bits per heavy atom. The number of carbonyl (C=O) groups is 1. The quantitative estimate of drug-likeness (QED) is 0.814. The van der Waals surface area contributed by atoms with Crippen molar-refractivity contribution in [3.8, 4) is 0 Å². The largest absolute Gasteiger partial charge is 0.321 e. The van der Waals surface area contributed by atoms with Gasteiger partial charge in [-0.15, -0.1) is 0 Å². The monoisotopic (exact) mass is 251 g/mol. The fourth-order valence-electron chi connectivity index (χ4n) is 3.53.